The Morgan fingerprint density at radius 3 is 2.23 bits per heavy atom. The molecule has 0 heterocycles. The highest BCUT2D eigenvalue weighted by Gasteiger charge is 2.22. The van der Waals surface area contributed by atoms with Crippen LogP contribution in [-0.4, -0.2) is 11.6 Å². The van der Waals surface area contributed by atoms with Crippen molar-refractivity contribution in [2.75, 3.05) is 0 Å². The quantitative estimate of drug-likeness (QED) is 0.431. The molecule has 1 aromatic carbocycles. The van der Waals surface area contributed by atoms with Gasteiger partial charge in [0.1, 0.15) is 17.4 Å². The van der Waals surface area contributed by atoms with Gasteiger partial charge < -0.3 is 0 Å². The van der Waals surface area contributed by atoms with E-state index in [2.05, 4.69) is 0 Å². The summed E-state index contributed by atoms with van der Waals surface area (Å²) in [6, 6.07) is 6.72. The van der Waals surface area contributed by atoms with Crippen LogP contribution in [0.4, 0.5) is 4.39 Å². The van der Waals surface area contributed by atoms with E-state index in [1.807, 2.05) is 19.9 Å². The number of halogens is 1. The summed E-state index contributed by atoms with van der Waals surface area (Å²) in [5, 5.41) is 0. The highest BCUT2D eigenvalue weighted by molar-refractivity contribution is 6.02. The lowest BCUT2D eigenvalue weighted by Gasteiger charge is -2.12. The molecule has 2 nitrogen and oxygen atoms in total. The van der Waals surface area contributed by atoms with Crippen molar-refractivity contribution in [3.63, 3.8) is 0 Å². The molecule has 0 radical (unpaired) electrons. The normalized spacial score (nSPS) is 10.9. The molecule has 3 heteroatoms. The number of ketones is 2. The Kier molecular flexibility index (Phi) is 8.64. The van der Waals surface area contributed by atoms with Crippen LogP contribution in [0.2, 0.25) is 0 Å². The fraction of sp³-hybridized carbons (Fsp3) is 0.579. The molecule has 0 saturated heterocycles. The number of carbonyl (C=O) groups excluding carboxylic acids is 2. The molecule has 0 aromatic heterocycles. The Balaban J connectivity index is 2.23. The molecule has 0 aliphatic rings. The van der Waals surface area contributed by atoms with Crippen LogP contribution in [0.15, 0.2) is 24.3 Å². The first-order valence-corrected chi connectivity index (χ1v) is 8.38. The maximum atomic E-state index is 13.0. The van der Waals surface area contributed by atoms with Gasteiger partial charge in [0, 0.05) is 12.8 Å². The Morgan fingerprint density at radius 2 is 1.64 bits per heavy atom. The molecular formula is C19H27FO2. The molecule has 0 N–H and O–H groups in total. The molecule has 0 atom stereocenters. The monoisotopic (exact) mass is 306 g/mol. The maximum absolute atomic E-state index is 13.0. The second-order valence-electron chi connectivity index (χ2n) is 5.78. The van der Waals surface area contributed by atoms with Crippen molar-refractivity contribution >= 4 is 11.6 Å². The minimum Gasteiger partial charge on any atom is -0.299 e. The average molecular weight is 306 g/mol. The molecule has 122 valence electrons. The van der Waals surface area contributed by atoms with Gasteiger partial charge in [-0.15, -0.1) is 0 Å². The lowest BCUT2D eigenvalue weighted by Crippen LogP contribution is -2.22. The van der Waals surface area contributed by atoms with Crippen LogP contribution in [-0.2, 0) is 16.0 Å². The van der Waals surface area contributed by atoms with Crippen LogP contribution in [0.5, 0.6) is 0 Å². The van der Waals surface area contributed by atoms with Crippen LogP contribution in [0, 0.1) is 11.7 Å². The van der Waals surface area contributed by atoms with Gasteiger partial charge in [0.05, 0.1) is 5.92 Å². The van der Waals surface area contributed by atoms with Gasteiger partial charge in [-0.2, -0.15) is 0 Å². The van der Waals surface area contributed by atoms with Gasteiger partial charge in [0.25, 0.3) is 0 Å². The topological polar surface area (TPSA) is 34.1 Å². The van der Waals surface area contributed by atoms with Gasteiger partial charge in [0.2, 0.25) is 0 Å². The van der Waals surface area contributed by atoms with Gasteiger partial charge in [-0.1, -0.05) is 45.2 Å². The van der Waals surface area contributed by atoms with Gasteiger partial charge in [-0.05, 0) is 37.0 Å². The molecule has 1 aromatic rings. The predicted molar refractivity (Wildman–Crippen MR) is 87.3 cm³/mol. The largest absolute Gasteiger partial charge is 0.299 e. The van der Waals surface area contributed by atoms with Gasteiger partial charge >= 0.3 is 0 Å². The van der Waals surface area contributed by atoms with Crippen molar-refractivity contribution in [2.45, 2.75) is 65.2 Å². The van der Waals surface area contributed by atoms with E-state index in [1.54, 1.807) is 12.1 Å². The number of rotatable bonds is 11. The summed E-state index contributed by atoms with van der Waals surface area (Å²) in [7, 11) is 0. The third-order valence-electron chi connectivity index (χ3n) is 4.07. The van der Waals surface area contributed by atoms with E-state index in [0.29, 0.717) is 19.3 Å². The zero-order chi connectivity index (χ0) is 16.4. The fourth-order valence-corrected chi connectivity index (χ4v) is 2.72. The second kappa shape index (κ2) is 10.3. The number of hydrogen-bond acceptors (Lipinski definition) is 2. The lowest BCUT2D eigenvalue weighted by atomic mass is 9.90. The first kappa shape index (κ1) is 18.5. The van der Waals surface area contributed by atoms with Crippen molar-refractivity contribution in [2.24, 2.45) is 5.92 Å². The summed E-state index contributed by atoms with van der Waals surface area (Å²) in [6.07, 6.45) is 6.42. The maximum Gasteiger partial charge on any atom is 0.143 e. The Morgan fingerprint density at radius 1 is 1.00 bits per heavy atom. The van der Waals surface area contributed by atoms with Crippen LogP contribution in [0.1, 0.15) is 64.4 Å². The molecule has 0 bridgehead atoms. The molecule has 1 rings (SSSR count). The standard InChI is InChI=1S/C19H27FO2/c1-3-18(21)17(19(22)4-2)13-8-6-5-7-10-15-11-9-12-16(20)14-15/h9,11-12,14,17H,3-8,10,13H2,1-2H3. The summed E-state index contributed by atoms with van der Waals surface area (Å²) in [6.45, 7) is 3.63. The van der Waals surface area contributed by atoms with E-state index < -0.39 is 5.92 Å². The number of carbonyl (C=O) groups is 2. The van der Waals surface area contributed by atoms with Crippen LogP contribution in [0.3, 0.4) is 0 Å². The summed E-state index contributed by atoms with van der Waals surface area (Å²) in [5.41, 5.74) is 1.03. The third-order valence-corrected chi connectivity index (χ3v) is 4.07. The first-order chi connectivity index (χ1) is 10.6. The van der Waals surface area contributed by atoms with Crippen LogP contribution < -0.4 is 0 Å². The molecule has 0 spiro atoms. The van der Waals surface area contributed by atoms with E-state index in [9.17, 15) is 14.0 Å². The fourth-order valence-electron chi connectivity index (χ4n) is 2.72. The minimum atomic E-state index is -0.391. The van der Waals surface area contributed by atoms with Gasteiger partial charge in [-0.25, -0.2) is 4.39 Å². The zero-order valence-corrected chi connectivity index (χ0v) is 13.7. The second-order valence-corrected chi connectivity index (χ2v) is 5.78. The van der Waals surface area contributed by atoms with Crippen LogP contribution in [0.25, 0.3) is 0 Å². The highest BCUT2D eigenvalue weighted by Crippen LogP contribution is 2.17. The summed E-state index contributed by atoms with van der Waals surface area (Å²) in [4.78, 5) is 23.6. The number of benzene rings is 1. The van der Waals surface area contributed by atoms with E-state index in [1.165, 1.54) is 6.07 Å². The molecule has 0 amide bonds. The Bertz CT molecular complexity index is 466. The summed E-state index contributed by atoms with van der Waals surface area (Å²) in [5.74, 6) is -0.423. The smallest absolute Gasteiger partial charge is 0.143 e. The molecule has 0 aliphatic carbocycles. The predicted octanol–water partition coefficient (Wildman–Crippen LogP) is 4.89. The van der Waals surface area contributed by atoms with E-state index in [-0.39, 0.29) is 17.4 Å². The third kappa shape index (κ3) is 6.50. The number of unbranched alkanes of at least 4 members (excludes halogenated alkanes) is 3. The van der Waals surface area contributed by atoms with Gasteiger partial charge in [-0.3, -0.25) is 9.59 Å². The molecule has 0 saturated carbocycles. The lowest BCUT2D eigenvalue weighted by molar-refractivity contribution is -0.132. The van der Waals surface area contributed by atoms with E-state index >= 15 is 0 Å². The van der Waals surface area contributed by atoms with Crippen molar-refractivity contribution in [3.05, 3.63) is 35.6 Å². The molecule has 0 aliphatic heterocycles. The van der Waals surface area contributed by atoms with Crippen molar-refractivity contribution in [3.8, 4) is 0 Å². The van der Waals surface area contributed by atoms with Crippen molar-refractivity contribution in [1.82, 2.24) is 0 Å². The molecular weight excluding hydrogens is 279 g/mol. The van der Waals surface area contributed by atoms with Crippen molar-refractivity contribution in [1.29, 1.82) is 0 Å². The highest BCUT2D eigenvalue weighted by atomic mass is 19.1. The molecule has 22 heavy (non-hydrogen) atoms. The number of hydrogen-bond donors (Lipinski definition) is 0. The van der Waals surface area contributed by atoms with E-state index in [4.69, 9.17) is 0 Å². The summed E-state index contributed by atoms with van der Waals surface area (Å²) >= 11 is 0. The van der Waals surface area contributed by atoms with Gasteiger partial charge in [0.15, 0.2) is 0 Å². The van der Waals surface area contributed by atoms with E-state index in [0.717, 1.165) is 37.7 Å². The SMILES string of the molecule is CCC(=O)C(CCCCCCc1cccc(F)c1)C(=O)CC. The minimum absolute atomic E-state index is 0.0756. The Hall–Kier alpha value is -1.51. The zero-order valence-electron chi connectivity index (χ0n) is 13.7. The molecule has 0 fully saturated rings. The Labute approximate surface area is 133 Å². The molecule has 0 unspecified atom stereocenters. The van der Waals surface area contributed by atoms with Crippen LogP contribution >= 0.6 is 0 Å². The average Bonchev–Trinajstić information content (AvgIpc) is 2.53. The summed E-state index contributed by atoms with van der Waals surface area (Å²) < 4.78 is 13.0. The van der Waals surface area contributed by atoms with Crippen molar-refractivity contribution < 1.29 is 14.0 Å². The first-order valence-electron chi connectivity index (χ1n) is 8.38. The number of Topliss-reactive ketones (excluding diaryl/α,β-unsaturated/α-hetero) is 2. The number of aryl methyl sites for hydroxylation is 1.